The Labute approximate surface area is 138 Å². The molecule has 1 N–H and O–H groups in total. The number of non-ortho nitro benzene ring substituents is 1. The zero-order chi connectivity index (χ0) is 16.7. The smallest absolute Gasteiger partial charge is 0.271 e. The first-order valence-electron chi connectivity index (χ1n) is 8.33. The highest BCUT2D eigenvalue weighted by Crippen LogP contribution is 2.31. The monoisotopic (exact) mass is 329 g/mol. The van der Waals surface area contributed by atoms with E-state index in [1.54, 1.807) is 12.3 Å². The van der Waals surface area contributed by atoms with Crippen molar-refractivity contribution in [2.45, 2.75) is 37.8 Å². The number of nitro groups is 1. The van der Waals surface area contributed by atoms with Gasteiger partial charge in [-0.3, -0.25) is 14.9 Å². The van der Waals surface area contributed by atoms with Crippen molar-refractivity contribution in [3.8, 4) is 0 Å². The summed E-state index contributed by atoms with van der Waals surface area (Å²) in [6, 6.07) is 4.70. The fraction of sp³-hybridized carbons (Fsp3) is 0.471. The Morgan fingerprint density at radius 1 is 1.33 bits per heavy atom. The van der Waals surface area contributed by atoms with Gasteiger partial charge in [0, 0.05) is 30.3 Å². The molecule has 24 heavy (non-hydrogen) atoms. The molecule has 0 radical (unpaired) electrons. The van der Waals surface area contributed by atoms with Gasteiger partial charge in [0.15, 0.2) is 0 Å². The fourth-order valence-corrected chi connectivity index (χ4v) is 3.91. The van der Waals surface area contributed by atoms with E-state index in [0.717, 1.165) is 31.1 Å². The maximum Gasteiger partial charge on any atom is 0.271 e. The summed E-state index contributed by atoms with van der Waals surface area (Å²) in [5, 5.41) is 11.6. The average Bonchev–Trinajstić information content (AvgIpc) is 3.03. The normalized spacial score (nSPS) is 23.9. The molecule has 7 heteroatoms. The number of hydrogen-bond acceptors (Lipinski definition) is 4. The number of rotatable bonds is 2. The minimum Gasteiger partial charge on any atom is -0.374 e. The Morgan fingerprint density at radius 2 is 2.17 bits per heavy atom. The Bertz CT molecular complexity index is 798. The first kappa shape index (κ1) is 15.1. The summed E-state index contributed by atoms with van der Waals surface area (Å²) in [5.74, 6) is -0.0182. The van der Waals surface area contributed by atoms with Gasteiger partial charge in [0.2, 0.25) is 0 Å². The Balaban J connectivity index is 1.66. The average molecular weight is 329 g/mol. The molecule has 1 saturated carbocycles. The summed E-state index contributed by atoms with van der Waals surface area (Å²) in [4.78, 5) is 28.4. The molecule has 7 nitrogen and oxygen atoms in total. The number of carbonyl (C=O) groups is 1. The molecule has 2 heterocycles. The van der Waals surface area contributed by atoms with Gasteiger partial charge in [-0.15, -0.1) is 0 Å². The molecule has 1 amide bonds. The van der Waals surface area contributed by atoms with E-state index in [4.69, 9.17) is 4.74 Å². The Morgan fingerprint density at radius 3 is 3.00 bits per heavy atom. The van der Waals surface area contributed by atoms with Crippen molar-refractivity contribution < 1.29 is 14.5 Å². The molecule has 0 spiro atoms. The summed E-state index contributed by atoms with van der Waals surface area (Å²) in [6.07, 6.45) is 6.06. The highest BCUT2D eigenvalue weighted by molar-refractivity contribution is 6.07. The second-order valence-electron chi connectivity index (χ2n) is 6.45. The highest BCUT2D eigenvalue weighted by atomic mass is 16.6. The Kier molecular flexibility index (Phi) is 3.72. The second kappa shape index (κ2) is 5.90. The molecular formula is C17H19N3O4. The molecular weight excluding hydrogens is 310 g/mol. The third-order valence-electron chi connectivity index (χ3n) is 5.10. The summed E-state index contributed by atoms with van der Waals surface area (Å²) < 4.78 is 5.83. The van der Waals surface area contributed by atoms with Crippen LogP contribution < -0.4 is 0 Å². The van der Waals surface area contributed by atoms with Gasteiger partial charge in [-0.25, -0.2) is 0 Å². The van der Waals surface area contributed by atoms with Crippen LogP contribution in [0, 0.1) is 10.1 Å². The molecule has 1 saturated heterocycles. The number of carbonyl (C=O) groups excluding carboxylic acids is 1. The van der Waals surface area contributed by atoms with E-state index in [1.807, 2.05) is 4.90 Å². The molecule has 2 fully saturated rings. The van der Waals surface area contributed by atoms with Gasteiger partial charge in [-0.05, 0) is 18.9 Å². The second-order valence-corrected chi connectivity index (χ2v) is 6.45. The van der Waals surface area contributed by atoms with Gasteiger partial charge in [-0.2, -0.15) is 0 Å². The third-order valence-corrected chi connectivity index (χ3v) is 5.10. The third kappa shape index (κ3) is 2.45. The van der Waals surface area contributed by atoms with Crippen LogP contribution in [-0.4, -0.2) is 46.0 Å². The van der Waals surface area contributed by atoms with E-state index < -0.39 is 4.92 Å². The quantitative estimate of drug-likeness (QED) is 0.678. The van der Waals surface area contributed by atoms with Crippen molar-refractivity contribution in [2.75, 3.05) is 13.2 Å². The van der Waals surface area contributed by atoms with Crippen LogP contribution in [0.25, 0.3) is 10.9 Å². The zero-order valence-corrected chi connectivity index (χ0v) is 13.2. The van der Waals surface area contributed by atoms with E-state index in [0.29, 0.717) is 24.2 Å². The summed E-state index contributed by atoms with van der Waals surface area (Å²) in [5.41, 5.74) is 1.20. The topological polar surface area (TPSA) is 88.5 Å². The van der Waals surface area contributed by atoms with E-state index in [1.165, 1.54) is 12.1 Å². The zero-order valence-electron chi connectivity index (χ0n) is 13.2. The van der Waals surface area contributed by atoms with E-state index in [2.05, 4.69) is 4.98 Å². The van der Waals surface area contributed by atoms with Gasteiger partial charge in [0.1, 0.15) is 0 Å². The number of aromatic nitrogens is 1. The summed E-state index contributed by atoms with van der Waals surface area (Å²) in [6.45, 7) is 1.17. The SMILES string of the molecule is O=C(c1c[nH]c2cc([N+](=O)[O-])ccc12)N1CCO[C@H]2CCCC[C@H]21. The van der Waals surface area contributed by atoms with E-state index in [9.17, 15) is 14.9 Å². The van der Waals surface area contributed by atoms with E-state index in [-0.39, 0.29) is 23.7 Å². The molecule has 1 aliphatic heterocycles. The van der Waals surface area contributed by atoms with Crippen LogP contribution in [0.5, 0.6) is 0 Å². The largest absolute Gasteiger partial charge is 0.374 e. The van der Waals surface area contributed by atoms with Crippen LogP contribution in [0.2, 0.25) is 0 Å². The number of hydrogen-bond donors (Lipinski definition) is 1. The maximum atomic E-state index is 13.1. The number of nitro benzene ring substituents is 1. The number of fused-ring (bicyclic) bond motifs is 2. The van der Waals surface area contributed by atoms with Crippen LogP contribution >= 0.6 is 0 Å². The van der Waals surface area contributed by atoms with Crippen LogP contribution in [0.1, 0.15) is 36.0 Å². The van der Waals surface area contributed by atoms with Crippen molar-refractivity contribution in [3.63, 3.8) is 0 Å². The first-order valence-corrected chi connectivity index (χ1v) is 8.33. The lowest BCUT2D eigenvalue weighted by molar-refractivity contribution is -0.384. The summed E-state index contributed by atoms with van der Waals surface area (Å²) in [7, 11) is 0. The molecule has 4 rings (SSSR count). The maximum absolute atomic E-state index is 13.1. The summed E-state index contributed by atoms with van der Waals surface area (Å²) >= 11 is 0. The molecule has 2 aliphatic rings. The standard InChI is InChI=1S/C17H19N3O4/c21-17(19-7-8-24-16-4-2-1-3-15(16)19)13-10-18-14-9-11(20(22)23)5-6-12(13)14/h5-6,9-10,15-16,18H,1-4,7-8H2/t15-,16+/m1/s1. The van der Waals surface area contributed by atoms with Crippen LogP contribution in [0.4, 0.5) is 5.69 Å². The molecule has 1 aliphatic carbocycles. The molecule has 1 aromatic carbocycles. The fourth-order valence-electron chi connectivity index (χ4n) is 3.91. The van der Waals surface area contributed by atoms with Crippen molar-refractivity contribution in [3.05, 3.63) is 40.1 Å². The molecule has 0 unspecified atom stereocenters. The molecule has 1 aromatic heterocycles. The predicted octanol–water partition coefficient (Wildman–Crippen LogP) is 2.86. The van der Waals surface area contributed by atoms with Crippen LogP contribution in [0.15, 0.2) is 24.4 Å². The number of nitrogens with zero attached hydrogens (tertiary/aromatic N) is 2. The van der Waals surface area contributed by atoms with Crippen molar-refractivity contribution in [2.24, 2.45) is 0 Å². The van der Waals surface area contributed by atoms with E-state index >= 15 is 0 Å². The number of ether oxygens (including phenoxy) is 1. The number of H-pyrrole nitrogens is 1. The lowest BCUT2D eigenvalue weighted by Gasteiger charge is -2.43. The van der Waals surface area contributed by atoms with Gasteiger partial charge in [0.05, 0.1) is 34.8 Å². The van der Waals surface area contributed by atoms with Gasteiger partial charge >= 0.3 is 0 Å². The number of morpholine rings is 1. The highest BCUT2D eigenvalue weighted by Gasteiger charge is 2.37. The number of aromatic amines is 1. The molecule has 2 aromatic rings. The van der Waals surface area contributed by atoms with Gasteiger partial charge in [-0.1, -0.05) is 12.8 Å². The molecule has 0 bridgehead atoms. The number of amides is 1. The van der Waals surface area contributed by atoms with Crippen LogP contribution in [0.3, 0.4) is 0 Å². The first-order chi connectivity index (χ1) is 11.6. The number of benzene rings is 1. The lowest BCUT2D eigenvalue weighted by Crippen LogP contribution is -2.54. The van der Waals surface area contributed by atoms with Crippen molar-refractivity contribution in [1.82, 2.24) is 9.88 Å². The molecule has 2 atom stereocenters. The molecule has 126 valence electrons. The Hall–Kier alpha value is -2.41. The lowest BCUT2D eigenvalue weighted by atomic mass is 9.89. The number of nitrogens with one attached hydrogen (secondary N) is 1. The minimum atomic E-state index is -0.434. The minimum absolute atomic E-state index is 0.0158. The predicted molar refractivity (Wildman–Crippen MR) is 88.0 cm³/mol. The van der Waals surface area contributed by atoms with Crippen molar-refractivity contribution >= 4 is 22.5 Å². The van der Waals surface area contributed by atoms with Gasteiger partial charge in [0.25, 0.3) is 11.6 Å². The van der Waals surface area contributed by atoms with Gasteiger partial charge < -0.3 is 14.6 Å². The van der Waals surface area contributed by atoms with Crippen molar-refractivity contribution in [1.29, 1.82) is 0 Å². The van der Waals surface area contributed by atoms with Crippen LogP contribution in [-0.2, 0) is 4.74 Å².